The first-order valence-corrected chi connectivity index (χ1v) is 9.87. The van der Waals surface area contributed by atoms with Crippen LogP contribution >= 0.6 is 0 Å². The van der Waals surface area contributed by atoms with Crippen LogP contribution in [0.25, 0.3) is 0 Å². The predicted molar refractivity (Wildman–Crippen MR) is 108 cm³/mol. The number of hydrazone groups is 1. The number of nitrogens with two attached hydrogens (primary N) is 1. The number of hydrogen-bond acceptors (Lipinski definition) is 6. The van der Waals surface area contributed by atoms with E-state index in [0.29, 0.717) is 29.2 Å². The molecule has 0 saturated heterocycles. The molecule has 3 N–H and O–H groups in total. The molecule has 0 aromatic heterocycles. The van der Waals surface area contributed by atoms with Crippen LogP contribution < -0.4 is 20.6 Å². The monoisotopic (exact) mass is 398 g/mol. The van der Waals surface area contributed by atoms with Crippen LogP contribution in [0.4, 0.5) is 4.79 Å². The third kappa shape index (κ3) is 3.12. The van der Waals surface area contributed by atoms with Crippen molar-refractivity contribution in [3.8, 4) is 11.5 Å². The van der Waals surface area contributed by atoms with Gasteiger partial charge < -0.3 is 20.1 Å². The molecular weight excluding hydrogens is 372 g/mol. The smallest absolute Gasteiger partial charge is 0.332 e. The van der Waals surface area contributed by atoms with E-state index in [-0.39, 0.29) is 17.7 Å². The molecule has 2 atom stereocenters. The second-order valence-corrected chi connectivity index (χ2v) is 7.65. The molecular formula is C21H26N4O4. The molecule has 0 fully saturated rings. The number of carbonyl (C=O) groups excluding carboxylic acids is 2. The number of fused-ring (bicyclic) bond motifs is 4. The van der Waals surface area contributed by atoms with E-state index in [9.17, 15) is 9.59 Å². The van der Waals surface area contributed by atoms with E-state index in [1.165, 1.54) is 5.56 Å². The van der Waals surface area contributed by atoms with Gasteiger partial charge in [0.15, 0.2) is 17.3 Å². The minimum Gasteiger partial charge on any atom is -0.493 e. The van der Waals surface area contributed by atoms with Crippen molar-refractivity contribution < 1.29 is 19.1 Å². The highest BCUT2D eigenvalue weighted by Crippen LogP contribution is 2.48. The zero-order valence-electron chi connectivity index (χ0n) is 16.9. The average molecular weight is 398 g/mol. The summed E-state index contributed by atoms with van der Waals surface area (Å²) < 4.78 is 11.0. The zero-order chi connectivity index (χ0) is 20.7. The number of nitrogens with one attached hydrogen (secondary N) is 1. The fourth-order valence-electron chi connectivity index (χ4n) is 4.87. The third-order valence-corrected chi connectivity index (χ3v) is 6.10. The Morgan fingerprint density at radius 2 is 1.93 bits per heavy atom. The number of amides is 2. The lowest BCUT2D eigenvalue weighted by Gasteiger charge is -2.48. The Morgan fingerprint density at radius 1 is 1.21 bits per heavy atom. The van der Waals surface area contributed by atoms with E-state index in [1.54, 1.807) is 14.2 Å². The molecule has 1 aliphatic carbocycles. The Bertz CT molecular complexity index is 937. The van der Waals surface area contributed by atoms with Crippen LogP contribution in [0.1, 0.15) is 43.4 Å². The molecule has 0 radical (unpaired) electrons. The largest absolute Gasteiger partial charge is 0.493 e. The predicted octanol–water partition coefficient (Wildman–Crippen LogP) is 2.28. The van der Waals surface area contributed by atoms with Gasteiger partial charge in [0.25, 0.3) is 0 Å². The molecule has 29 heavy (non-hydrogen) atoms. The van der Waals surface area contributed by atoms with Gasteiger partial charge in [-0.1, -0.05) is 6.92 Å². The second-order valence-electron chi connectivity index (χ2n) is 7.65. The quantitative estimate of drug-likeness (QED) is 0.760. The van der Waals surface area contributed by atoms with Crippen molar-refractivity contribution in [1.29, 1.82) is 0 Å². The van der Waals surface area contributed by atoms with E-state index >= 15 is 0 Å². The van der Waals surface area contributed by atoms with Gasteiger partial charge in [0.1, 0.15) is 0 Å². The highest BCUT2D eigenvalue weighted by molar-refractivity contribution is 6.24. The maximum atomic E-state index is 12.8. The van der Waals surface area contributed by atoms with Crippen molar-refractivity contribution in [2.75, 3.05) is 20.8 Å². The average Bonchev–Trinajstić information content (AvgIpc) is 2.72. The van der Waals surface area contributed by atoms with E-state index in [2.05, 4.69) is 15.4 Å². The van der Waals surface area contributed by atoms with Crippen LogP contribution in [0.15, 0.2) is 28.5 Å². The molecule has 3 aliphatic rings. The van der Waals surface area contributed by atoms with Crippen molar-refractivity contribution in [3.05, 3.63) is 34.5 Å². The van der Waals surface area contributed by atoms with Gasteiger partial charge in [-0.2, -0.15) is 5.10 Å². The van der Waals surface area contributed by atoms with Crippen LogP contribution in [-0.4, -0.2) is 43.2 Å². The van der Waals surface area contributed by atoms with Crippen LogP contribution in [0.2, 0.25) is 0 Å². The summed E-state index contributed by atoms with van der Waals surface area (Å²) in [6.45, 7) is 2.86. The topological polar surface area (TPSA) is 106 Å². The van der Waals surface area contributed by atoms with Gasteiger partial charge in [0.05, 0.1) is 31.5 Å². The van der Waals surface area contributed by atoms with Gasteiger partial charge in [-0.15, -0.1) is 0 Å². The summed E-state index contributed by atoms with van der Waals surface area (Å²) in [5.74, 6) is 1.35. The standard InChI is InChI=1S/C21H26N4O4/c1-11-19(23-24-21(22)27)18-14(5-4-6-15(18)26)25-8-7-12-9-16(28-2)17(29-3)10-13(12)20(11)25/h9-11,20H,4-8H2,1-3H3,(H3,22,24,27)/t11-,20?/m0/s1. The van der Waals surface area contributed by atoms with Gasteiger partial charge in [-0.25, -0.2) is 10.2 Å². The Hall–Kier alpha value is -3.03. The number of carbonyl (C=O) groups is 2. The highest BCUT2D eigenvalue weighted by Gasteiger charge is 2.44. The molecule has 154 valence electrons. The van der Waals surface area contributed by atoms with E-state index < -0.39 is 6.03 Å². The Morgan fingerprint density at radius 3 is 2.62 bits per heavy atom. The highest BCUT2D eigenvalue weighted by atomic mass is 16.5. The molecule has 0 spiro atoms. The summed E-state index contributed by atoms with van der Waals surface area (Å²) in [6, 6.07) is 3.31. The molecule has 0 saturated carbocycles. The van der Waals surface area contributed by atoms with Crippen LogP contribution in [-0.2, 0) is 11.2 Å². The lowest BCUT2D eigenvalue weighted by atomic mass is 9.74. The first kappa shape index (κ1) is 19.3. The summed E-state index contributed by atoms with van der Waals surface area (Å²) in [5, 5.41) is 4.27. The SMILES string of the molecule is COc1cc2c(cc1OC)C1[C@@H](C)C(=NNC(N)=O)C3=C(CCCC3=O)N1CC2. The number of nitrogens with zero attached hydrogens (tertiary/aromatic N) is 2. The molecule has 0 bridgehead atoms. The summed E-state index contributed by atoms with van der Waals surface area (Å²) in [6.07, 6.45) is 3.00. The number of ether oxygens (including phenoxy) is 2. The van der Waals surface area contributed by atoms with Crippen molar-refractivity contribution >= 4 is 17.5 Å². The molecule has 1 aromatic carbocycles. The Kier molecular flexibility index (Phi) is 4.94. The number of urea groups is 1. The number of primary amides is 1. The molecule has 2 heterocycles. The van der Waals surface area contributed by atoms with Crippen LogP contribution in [0, 0.1) is 5.92 Å². The number of benzene rings is 1. The minimum atomic E-state index is -0.743. The molecule has 1 aromatic rings. The number of rotatable bonds is 3. The number of allylic oxidation sites excluding steroid dienone is 2. The number of ketones is 1. The van der Waals surface area contributed by atoms with Crippen LogP contribution in [0.5, 0.6) is 11.5 Å². The molecule has 1 unspecified atom stereocenters. The second kappa shape index (κ2) is 7.42. The Labute approximate surface area is 169 Å². The molecule has 8 heteroatoms. The molecule has 2 amide bonds. The summed E-state index contributed by atoms with van der Waals surface area (Å²) in [7, 11) is 3.26. The third-order valence-electron chi connectivity index (χ3n) is 6.10. The molecule has 4 rings (SSSR count). The van der Waals surface area contributed by atoms with Crippen molar-refractivity contribution in [1.82, 2.24) is 10.3 Å². The van der Waals surface area contributed by atoms with E-state index in [0.717, 1.165) is 37.1 Å². The molecule has 2 aliphatic heterocycles. The molecule has 8 nitrogen and oxygen atoms in total. The summed E-state index contributed by atoms with van der Waals surface area (Å²) in [5.41, 5.74) is 12.2. The normalized spacial score (nSPS) is 24.6. The lowest BCUT2D eigenvalue weighted by Crippen LogP contribution is -2.48. The number of methoxy groups -OCH3 is 2. The number of hydrogen-bond donors (Lipinski definition) is 2. The van der Waals surface area contributed by atoms with Gasteiger partial charge in [0.2, 0.25) is 0 Å². The fourth-order valence-corrected chi connectivity index (χ4v) is 4.87. The first-order chi connectivity index (χ1) is 14.0. The van der Waals surface area contributed by atoms with Crippen molar-refractivity contribution in [2.24, 2.45) is 16.8 Å². The summed E-state index contributed by atoms with van der Waals surface area (Å²) >= 11 is 0. The van der Waals surface area contributed by atoms with Gasteiger partial charge >= 0.3 is 6.03 Å². The van der Waals surface area contributed by atoms with Gasteiger partial charge in [-0.3, -0.25) is 4.79 Å². The first-order valence-electron chi connectivity index (χ1n) is 9.87. The zero-order valence-corrected chi connectivity index (χ0v) is 16.9. The van der Waals surface area contributed by atoms with E-state index in [1.807, 2.05) is 19.1 Å². The van der Waals surface area contributed by atoms with Gasteiger partial charge in [-0.05, 0) is 42.5 Å². The maximum Gasteiger partial charge on any atom is 0.332 e. The van der Waals surface area contributed by atoms with Gasteiger partial charge in [0, 0.05) is 24.6 Å². The maximum absolute atomic E-state index is 12.8. The Balaban J connectivity index is 1.88. The fraction of sp³-hybridized carbons (Fsp3) is 0.476. The van der Waals surface area contributed by atoms with Crippen molar-refractivity contribution in [2.45, 2.75) is 38.6 Å². The van der Waals surface area contributed by atoms with Crippen LogP contribution in [0.3, 0.4) is 0 Å². The minimum absolute atomic E-state index is 0.00312. The summed E-state index contributed by atoms with van der Waals surface area (Å²) in [4.78, 5) is 26.4. The lowest BCUT2D eigenvalue weighted by molar-refractivity contribution is -0.116. The van der Waals surface area contributed by atoms with E-state index in [4.69, 9.17) is 15.2 Å². The number of Topliss-reactive ketones (excluding diaryl/α,β-unsaturated/α-hetero) is 1. The van der Waals surface area contributed by atoms with Crippen molar-refractivity contribution in [3.63, 3.8) is 0 Å².